The lowest BCUT2D eigenvalue weighted by Gasteiger charge is -2.23. The number of nitrogens with zero attached hydrogens (tertiary/aromatic N) is 1. The van der Waals surface area contributed by atoms with E-state index in [0.717, 1.165) is 32.1 Å². The number of aliphatic hydroxyl groups excluding tert-OH is 1. The van der Waals surface area contributed by atoms with Gasteiger partial charge in [-0.15, -0.1) is 0 Å². The van der Waals surface area contributed by atoms with Gasteiger partial charge in [0.15, 0.2) is 0 Å². The van der Waals surface area contributed by atoms with Crippen LogP contribution in [0.5, 0.6) is 0 Å². The maximum atomic E-state index is 11.3. The van der Waals surface area contributed by atoms with Crippen molar-refractivity contribution in [3.63, 3.8) is 0 Å². The van der Waals surface area contributed by atoms with Crippen LogP contribution in [0.1, 0.15) is 32.1 Å². The van der Waals surface area contributed by atoms with Crippen LogP contribution in [-0.4, -0.2) is 29.2 Å². The number of aliphatic hydroxyl groups is 1. The van der Waals surface area contributed by atoms with Crippen LogP contribution in [0.25, 0.3) is 0 Å². The van der Waals surface area contributed by atoms with Crippen LogP contribution >= 0.6 is 0 Å². The van der Waals surface area contributed by atoms with E-state index in [-0.39, 0.29) is 11.7 Å². The molecule has 1 saturated carbocycles. The first-order chi connectivity index (χ1) is 9.63. The molecule has 1 aliphatic rings. The van der Waals surface area contributed by atoms with Crippen molar-refractivity contribution in [2.24, 2.45) is 0 Å². The zero-order valence-corrected chi connectivity index (χ0v) is 11.6. The molecule has 0 amide bonds. The molecule has 0 aliphatic heterocycles. The van der Waals surface area contributed by atoms with Gasteiger partial charge in [0.25, 0.3) is 0 Å². The molecule has 3 N–H and O–H groups in total. The lowest BCUT2D eigenvalue weighted by Crippen LogP contribution is -2.32. The summed E-state index contributed by atoms with van der Waals surface area (Å²) in [6, 6.07) is 5.01. The van der Waals surface area contributed by atoms with Crippen molar-refractivity contribution in [2.45, 2.75) is 44.2 Å². The van der Waals surface area contributed by atoms with Gasteiger partial charge in [0, 0.05) is 7.05 Å². The summed E-state index contributed by atoms with van der Waals surface area (Å²) in [7, 11) is 1.66. The summed E-state index contributed by atoms with van der Waals surface area (Å²) in [6.07, 6.45) is 4.29. The Morgan fingerprint density at radius 1 is 1.25 bits per heavy atom. The average molecular weight is 279 g/mol. The second kappa shape index (κ2) is 6.56. The summed E-state index contributed by atoms with van der Waals surface area (Å²) < 4.78 is 0. The molecule has 2 unspecified atom stereocenters. The van der Waals surface area contributed by atoms with Crippen LogP contribution in [0.4, 0.5) is 17.1 Å². The number of benzene rings is 1. The smallest absolute Gasteiger partial charge is 0.315 e. The molecule has 20 heavy (non-hydrogen) atoms. The van der Waals surface area contributed by atoms with Crippen LogP contribution in [0.15, 0.2) is 18.2 Å². The number of hydrogen-bond acceptors (Lipinski definition) is 5. The summed E-state index contributed by atoms with van der Waals surface area (Å²) in [4.78, 5) is 10.9. The lowest BCUT2D eigenvalue weighted by atomic mass is 10.1. The summed E-state index contributed by atoms with van der Waals surface area (Å²) in [5.41, 5.74) is 0.974. The maximum absolute atomic E-state index is 11.3. The van der Waals surface area contributed by atoms with Gasteiger partial charge in [0.2, 0.25) is 0 Å². The summed E-state index contributed by atoms with van der Waals surface area (Å²) >= 11 is 0. The molecule has 6 heteroatoms. The Morgan fingerprint density at radius 3 is 2.65 bits per heavy atom. The van der Waals surface area contributed by atoms with Crippen molar-refractivity contribution < 1.29 is 10.0 Å². The van der Waals surface area contributed by atoms with Gasteiger partial charge in [0.1, 0.15) is 11.4 Å². The zero-order valence-electron chi connectivity index (χ0n) is 11.6. The second-order valence-electron chi connectivity index (χ2n) is 5.17. The molecule has 2 atom stereocenters. The third kappa shape index (κ3) is 3.19. The Hall–Kier alpha value is -1.82. The van der Waals surface area contributed by atoms with E-state index < -0.39 is 11.0 Å². The molecule has 0 radical (unpaired) electrons. The molecule has 2 rings (SSSR count). The molecule has 1 aromatic rings. The van der Waals surface area contributed by atoms with E-state index in [4.69, 9.17) is 0 Å². The van der Waals surface area contributed by atoms with Gasteiger partial charge in [0.05, 0.1) is 17.1 Å². The lowest BCUT2D eigenvalue weighted by molar-refractivity contribution is -0.383. The third-order valence-corrected chi connectivity index (χ3v) is 3.81. The molecule has 1 aliphatic carbocycles. The maximum Gasteiger partial charge on any atom is 0.315 e. The number of nitro benzene ring substituents is 1. The van der Waals surface area contributed by atoms with Crippen molar-refractivity contribution >= 4 is 17.1 Å². The molecule has 0 heterocycles. The Bertz CT molecular complexity index is 479. The van der Waals surface area contributed by atoms with Crippen LogP contribution in [0, 0.1) is 10.1 Å². The molecular weight excluding hydrogens is 258 g/mol. The first kappa shape index (κ1) is 14.6. The van der Waals surface area contributed by atoms with Crippen LogP contribution in [0.2, 0.25) is 0 Å². The highest BCUT2D eigenvalue weighted by molar-refractivity contribution is 5.76. The van der Waals surface area contributed by atoms with Crippen LogP contribution < -0.4 is 10.6 Å². The van der Waals surface area contributed by atoms with Gasteiger partial charge in [-0.05, 0) is 25.0 Å². The molecule has 110 valence electrons. The fourth-order valence-electron chi connectivity index (χ4n) is 2.71. The normalized spacial score (nSPS) is 22.9. The molecule has 1 aromatic carbocycles. The van der Waals surface area contributed by atoms with Gasteiger partial charge in [-0.2, -0.15) is 0 Å². The van der Waals surface area contributed by atoms with E-state index in [9.17, 15) is 15.2 Å². The SMILES string of the molecule is CNc1cccc(NC2CCCCCC2O)c1[N+](=O)[O-]. The Labute approximate surface area is 118 Å². The number of rotatable bonds is 4. The zero-order chi connectivity index (χ0) is 14.5. The Kier molecular flexibility index (Phi) is 4.79. The Morgan fingerprint density at radius 2 is 1.95 bits per heavy atom. The van der Waals surface area contributed by atoms with E-state index in [0.29, 0.717) is 11.4 Å². The van der Waals surface area contributed by atoms with Gasteiger partial charge in [-0.3, -0.25) is 10.1 Å². The number of anilines is 2. The van der Waals surface area contributed by atoms with Crippen molar-refractivity contribution in [1.29, 1.82) is 0 Å². The first-order valence-corrected chi connectivity index (χ1v) is 7.03. The van der Waals surface area contributed by atoms with Gasteiger partial charge in [-0.25, -0.2) is 0 Å². The molecule has 1 fully saturated rings. The molecule has 0 saturated heterocycles. The number of nitrogens with one attached hydrogen (secondary N) is 2. The first-order valence-electron chi connectivity index (χ1n) is 7.03. The monoisotopic (exact) mass is 279 g/mol. The minimum absolute atomic E-state index is 0.0337. The fraction of sp³-hybridized carbons (Fsp3) is 0.571. The third-order valence-electron chi connectivity index (χ3n) is 3.81. The minimum atomic E-state index is -0.449. The quantitative estimate of drug-likeness (QED) is 0.448. The minimum Gasteiger partial charge on any atom is -0.391 e. The summed E-state index contributed by atoms with van der Waals surface area (Å²) in [6.45, 7) is 0. The van der Waals surface area contributed by atoms with E-state index >= 15 is 0 Å². The number of hydrogen-bond donors (Lipinski definition) is 3. The molecular formula is C14H21N3O3. The van der Waals surface area contributed by atoms with Crippen molar-refractivity contribution in [3.8, 4) is 0 Å². The second-order valence-corrected chi connectivity index (χ2v) is 5.17. The van der Waals surface area contributed by atoms with E-state index in [1.165, 1.54) is 0 Å². The van der Waals surface area contributed by atoms with Crippen molar-refractivity contribution in [3.05, 3.63) is 28.3 Å². The Balaban J connectivity index is 2.25. The van der Waals surface area contributed by atoms with E-state index in [1.54, 1.807) is 25.2 Å². The average Bonchev–Trinajstić information content (AvgIpc) is 2.63. The predicted molar refractivity (Wildman–Crippen MR) is 79.1 cm³/mol. The highest BCUT2D eigenvalue weighted by Gasteiger charge is 2.25. The largest absolute Gasteiger partial charge is 0.391 e. The van der Waals surface area contributed by atoms with Gasteiger partial charge >= 0.3 is 5.69 Å². The summed E-state index contributed by atoms with van der Waals surface area (Å²) in [5.74, 6) is 0. The molecule has 0 bridgehead atoms. The van der Waals surface area contributed by atoms with Crippen LogP contribution in [-0.2, 0) is 0 Å². The van der Waals surface area contributed by atoms with Gasteiger partial charge < -0.3 is 15.7 Å². The topological polar surface area (TPSA) is 87.4 Å². The van der Waals surface area contributed by atoms with Crippen molar-refractivity contribution in [2.75, 3.05) is 17.7 Å². The van der Waals surface area contributed by atoms with Crippen molar-refractivity contribution in [1.82, 2.24) is 0 Å². The summed E-state index contributed by atoms with van der Waals surface area (Å²) in [5, 5.41) is 27.4. The number of nitro groups is 1. The molecule has 0 aromatic heterocycles. The molecule has 6 nitrogen and oxygen atoms in total. The highest BCUT2D eigenvalue weighted by atomic mass is 16.6. The van der Waals surface area contributed by atoms with E-state index in [2.05, 4.69) is 10.6 Å². The van der Waals surface area contributed by atoms with Crippen LogP contribution in [0.3, 0.4) is 0 Å². The van der Waals surface area contributed by atoms with E-state index in [1.807, 2.05) is 0 Å². The molecule has 0 spiro atoms. The standard InChI is InChI=1S/C14H21N3O3/c1-15-11-7-5-8-12(14(11)17(19)20)16-10-6-3-2-4-9-13(10)18/h5,7-8,10,13,15-16,18H,2-4,6,9H2,1H3. The highest BCUT2D eigenvalue weighted by Crippen LogP contribution is 2.34. The number of para-hydroxylation sites is 1. The van der Waals surface area contributed by atoms with Gasteiger partial charge in [-0.1, -0.05) is 25.3 Å². The predicted octanol–water partition coefficient (Wildman–Crippen LogP) is 2.74. The fourth-order valence-corrected chi connectivity index (χ4v) is 2.71.